The third kappa shape index (κ3) is 4.54. The van der Waals surface area contributed by atoms with Gasteiger partial charge in [0.1, 0.15) is 17.3 Å². The molecule has 7 heteroatoms. The van der Waals surface area contributed by atoms with Gasteiger partial charge in [0.25, 0.3) is 5.78 Å². The van der Waals surface area contributed by atoms with E-state index in [2.05, 4.69) is 4.74 Å². The molecule has 0 spiro atoms. The zero-order valence-corrected chi connectivity index (χ0v) is 13.7. The first-order chi connectivity index (χ1) is 10.1. The van der Waals surface area contributed by atoms with Crippen molar-refractivity contribution < 1.29 is 28.7 Å². The summed E-state index contributed by atoms with van der Waals surface area (Å²) in [7, 11) is 0. The molecule has 2 atom stereocenters. The molecule has 1 amide bonds. The first-order valence-corrected chi connectivity index (χ1v) is 7.30. The summed E-state index contributed by atoms with van der Waals surface area (Å²) < 4.78 is 9.90. The highest BCUT2D eigenvalue weighted by atomic mass is 16.6. The average Bonchev–Trinajstić information content (AvgIpc) is 2.36. The minimum absolute atomic E-state index is 0.00898. The summed E-state index contributed by atoms with van der Waals surface area (Å²) >= 11 is 0. The molecule has 1 aliphatic heterocycles. The highest BCUT2D eigenvalue weighted by Gasteiger charge is 2.42. The minimum atomic E-state index is -1.18. The molecule has 0 saturated carbocycles. The summed E-state index contributed by atoms with van der Waals surface area (Å²) in [6.07, 6.45) is -0.594. The van der Waals surface area contributed by atoms with Gasteiger partial charge in [0.15, 0.2) is 0 Å². The average molecular weight is 313 g/mol. The molecule has 0 aliphatic carbocycles. The fourth-order valence-electron chi connectivity index (χ4n) is 2.17. The largest absolute Gasteiger partial charge is 0.460 e. The number of ether oxygens (including phenoxy) is 2. The van der Waals surface area contributed by atoms with Crippen LogP contribution in [0.1, 0.15) is 41.0 Å². The Balaban J connectivity index is 2.86. The zero-order chi connectivity index (χ0) is 17.1. The van der Waals surface area contributed by atoms with Crippen molar-refractivity contribution in [2.45, 2.75) is 52.7 Å². The van der Waals surface area contributed by atoms with Crippen molar-refractivity contribution in [2.24, 2.45) is 5.92 Å². The maximum atomic E-state index is 12.2. The quantitative estimate of drug-likeness (QED) is 0.443. The molecule has 1 saturated heterocycles. The van der Waals surface area contributed by atoms with Crippen LogP contribution in [-0.2, 0) is 23.9 Å². The molecule has 1 heterocycles. The van der Waals surface area contributed by atoms with E-state index in [9.17, 15) is 19.2 Å². The van der Waals surface area contributed by atoms with E-state index in [4.69, 9.17) is 4.74 Å². The third-order valence-electron chi connectivity index (χ3n) is 3.22. The van der Waals surface area contributed by atoms with Gasteiger partial charge in [-0.15, -0.1) is 0 Å². The van der Waals surface area contributed by atoms with E-state index in [1.807, 2.05) is 0 Å². The van der Waals surface area contributed by atoms with Crippen molar-refractivity contribution in [3.05, 3.63) is 0 Å². The van der Waals surface area contributed by atoms with Crippen LogP contribution in [0.4, 0.5) is 4.79 Å². The normalized spacial score (nSPS) is 22.2. The number of piperidine rings is 1. The van der Waals surface area contributed by atoms with Crippen LogP contribution in [0, 0.1) is 5.92 Å². The molecule has 0 unspecified atom stereocenters. The SMILES string of the molecule is CCOC(=O)C(=O)[C@@H]1CN(C(=O)OC(C)(C)C)[C@H](C)CC1=O. The first-order valence-electron chi connectivity index (χ1n) is 7.30. The van der Waals surface area contributed by atoms with Gasteiger partial charge in [-0.1, -0.05) is 0 Å². The van der Waals surface area contributed by atoms with Crippen LogP contribution in [0.2, 0.25) is 0 Å². The van der Waals surface area contributed by atoms with Crippen LogP contribution in [0.15, 0.2) is 0 Å². The van der Waals surface area contributed by atoms with Gasteiger partial charge in [-0.05, 0) is 34.6 Å². The molecule has 1 fully saturated rings. The third-order valence-corrected chi connectivity index (χ3v) is 3.22. The summed E-state index contributed by atoms with van der Waals surface area (Å²) in [5.74, 6) is -3.49. The second-order valence-corrected chi connectivity index (χ2v) is 6.29. The van der Waals surface area contributed by atoms with Gasteiger partial charge in [0.2, 0.25) is 0 Å². The molecule has 0 aromatic carbocycles. The van der Waals surface area contributed by atoms with Crippen LogP contribution < -0.4 is 0 Å². The number of likely N-dealkylation sites (tertiary alicyclic amines) is 1. The highest BCUT2D eigenvalue weighted by molar-refractivity contribution is 6.38. The zero-order valence-electron chi connectivity index (χ0n) is 13.7. The molecular weight excluding hydrogens is 290 g/mol. The second-order valence-electron chi connectivity index (χ2n) is 6.29. The highest BCUT2D eigenvalue weighted by Crippen LogP contribution is 2.22. The van der Waals surface area contributed by atoms with Crippen molar-refractivity contribution in [3.63, 3.8) is 0 Å². The molecule has 0 radical (unpaired) electrons. The molecule has 0 aromatic heterocycles. The lowest BCUT2D eigenvalue weighted by atomic mass is 9.89. The lowest BCUT2D eigenvalue weighted by molar-refractivity contribution is -0.158. The predicted molar refractivity (Wildman–Crippen MR) is 77.2 cm³/mol. The number of ketones is 2. The Kier molecular flexibility index (Phi) is 5.68. The van der Waals surface area contributed by atoms with Gasteiger partial charge in [-0.2, -0.15) is 0 Å². The summed E-state index contributed by atoms with van der Waals surface area (Å²) in [6.45, 7) is 8.35. The lowest BCUT2D eigenvalue weighted by Gasteiger charge is -2.37. The van der Waals surface area contributed by atoms with Gasteiger partial charge in [-0.25, -0.2) is 9.59 Å². The van der Waals surface area contributed by atoms with Crippen molar-refractivity contribution in [1.29, 1.82) is 0 Å². The van der Waals surface area contributed by atoms with E-state index in [1.54, 1.807) is 34.6 Å². The molecule has 1 rings (SSSR count). The predicted octanol–water partition coefficient (Wildman–Crippen LogP) is 1.33. The van der Waals surface area contributed by atoms with Crippen LogP contribution in [0.5, 0.6) is 0 Å². The summed E-state index contributed by atoms with van der Waals surface area (Å²) in [5.41, 5.74) is -0.682. The molecule has 22 heavy (non-hydrogen) atoms. The molecule has 0 N–H and O–H groups in total. The lowest BCUT2D eigenvalue weighted by Crippen LogP contribution is -2.53. The Bertz CT molecular complexity index is 479. The Morgan fingerprint density at radius 2 is 1.86 bits per heavy atom. The fourth-order valence-corrected chi connectivity index (χ4v) is 2.17. The summed E-state index contributed by atoms with van der Waals surface area (Å²) in [4.78, 5) is 49.0. The molecule has 7 nitrogen and oxygen atoms in total. The van der Waals surface area contributed by atoms with E-state index < -0.39 is 29.4 Å². The van der Waals surface area contributed by atoms with Gasteiger partial charge < -0.3 is 14.4 Å². The number of carbonyl (C=O) groups excluding carboxylic acids is 4. The van der Waals surface area contributed by atoms with E-state index in [0.29, 0.717) is 0 Å². The number of amides is 1. The van der Waals surface area contributed by atoms with E-state index >= 15 is 0 Å². The smallest absolute Gasteiger partial charge is 0.410 e. The van der Waals surface area contributed by atoms with Gasteiger partial charge in [-0.3, -0.25) is 9.59 Å². The fraction of sp³-hybridized carbons (Fsp3) is 0.733. The minimum Gasteiger partial charge on any atom is -0.460 e. The number of hydrogen-bond donors (Lipinski definition) is 0. The van der Waals surface area contributed by atoms with E-state index in [1.165, 1.54) is 4.90 Å². The number of Topliss-reactive ketones (excluding diaryl/α,β-unsaturated/α-hetero) is 2. The Morgan fingerprint density at radius 1 is 1.27 bits per heavy atom. The van der Waals surface area contributed by atoms with E-state index in [0.717, 1.165) is 0 Å². The standard InChI is InChI=1S/C15H23NO6/c1-6-21-13(19)12(18)10-8-16(9(2)7-11(10)17)14(20)22-15(3,4)5/h9-10H,6-8H2,1-5H3/t9-,10-/m1/s1. The van der Waals surface area contributed by atoms with Gasteiger partial charge in [0, 0.05) is 19.0 Å². The topological polar surface area (TPSA) is 90.0 Å². The van der Waals surface area contributed by atoms with Crippen molar-refractivity contribution in [2.75, 3.05) is 13.2 Å². The van der Waals surface area contributed by atoms with E-state index in [-0.39, 0.29) is 31.4 Å². The molecular formula is C15H23NO6. The van der Waals surface area contributed by atoms with Crippen LogP contribution >= 0.6 is 0 Å². The van der Waals surface area contributed by atoms with Crippen molar-refractivity contribution in [3.8, 4) is 0 Å². The maximum absolute atomic E-state index is 12.2. The summed E-state index contributed by atoms with van der Waals surface area (Å²) in [5, 5.41) is 0. The number of nitrogens with zero attached hydrogens (tertiary/aromatic N) is 1. The molecule has 124 valence electrons. The number of carbonyl (C=O) groups is 4. The number of esters is 1. The first kappa shape index (κ1) is 18.1. The van der Waals surface area contributed by atoms with Crippen LogP contribution in [0.3, 0.4) is 0 Å². The van der Waals surface area contributed by atoms with Crippen LogP contribution in [-0.4, -0.2) is 53.3 Å². The molecule has 0 aromatic rings. The number of hydrogen-bond acceptors (Lipinski definition) is 6. The van der Waals surface area contributed by atoms with Crippen LogP contribution in [0.25, 0.3) is 0 Å². The maximum Gasteiger partial charge on any atom is 0.410 e. The molecule has 1 aliphatic rings. The van der Waals surface area contributed by atoms with Gasteiger partial charge >= 0.3 is 12.1 Å². The monoisotopic (exact) mass is 313 g/mol. The van der Waals surface area contributed by atoms with Crippen molar-refractivity contribution >= 4 is 23.6 Å². The Morgan fingerprint density at radius 3 is 2.36 bits per heavy atom. The Labute approximate surface area is 129 Å². The number of rotatable bonds is 3. The van der Waals surface area contributed by atoms with Gasteiger partial charge in [0.05, 0.1) is 6.61 Å². The van der Waals surface area contributed by atoms with Crippen molar-refractivity contribution in [1.82, 2.24) is 4.90 Å². The molecule has 0 bridgehead atoms. The Hall–Kier alpha value is -1.92. The second kappa shape index (κ2) is 6.89. The summed E-state index contributed by atoms with van der Waals surface area (Å²) in [6, 6.07) is -0.381.